The van der Waals surface area contributed by atoms with Gasteiger partial charge in [-0.05, 0) is 6.66 Å². The molecule has 0 spiro atoms. The Bertz CT molecular complexity index is 207. The average Bonchev–Trinajstić information content (AvgIpc) is 1.84. The monoisotopic (exact) mass is 191 g/mol. The van der Waals surface area contributed by atoms with E-state index in [0.717, 1.165) is 0 Å². The number of hydrogen-bond acceptors (Lipinski definition) is 3. The quantitative estimate of drug-likeness (QED) is 0.389. The van der Waals surface area contributed by atoms with E-state index in [2.05, 4.69) is 4.41 Å². The van der Waals surface area contributed by atoms with Gasteiger partial charge in [0.1, 0.15) is 0 Å². The molecule has 0 aromatic rings. The normalized spacial score (nSPS) is 12.4. The predicted molar refractivity (Wildman–Crippen MR) is 52.1 cm³/mol. The average molecular weight is 191 g/mol. The van der Waals surface area contributed by atoms with E-state index in [-0.39, 0.29) is 0 Å². The molecule has 0 aliphatic carbocycles. The molecule has 5 heteroatoms. The van der Waals surface area contributed by atoms with Crippen LogP contribution in [-0.4, -0.2) is 27.0 Å². The van der Waals surface area contributed by atoms with Crippen molar-refractivity contribution in [2.24, 2.45) is 4.41 Å². The van der Waals surface area contributed by atoms with Gasteiger partial charge in [-0.2, -0.15) is 0 Å². The molecular weight excluding hydrogens is 177 g/mol. The zero-order valence-electron chi connectivity index (χ0n) is 7.37. The standard InChI is InChI=1S/C6H14NO2PSi/c1-10(5-8,6-9)7-11(2,3)4/h5-6H,1-4H3. The second-order valence-electron chi connectivity index (χ2n) is 3.58. The van der Waals surface area contributed by atoms with Gasteiger partial charge in [-0.1, -0.05) is 19.6 Å². The topological polar surface area (TPSA) is 46.5 Å². The first-order valence-corrected chi connectivity index (χ1v) is 9.13. The molecule has 0 atom stereocenters. The Morgan fingerprint density at radius 2 is 1.55 bits per heavy atom. The van der Waals surface area contributed by atoms with Crippen molar-refractivity contribution >= 4 is 27.3 Å². The zero-order chi connectivity index (χ0) is 9.12. The van der Waals surface area contributed by atoms with E-state index in [1.54, 1.807) is 6.66 Å². The van der Waals surface area contributed by atoms with Crippen LogP contribution in [0, 0.1) is 0 Å². The highest BCUT2D eigenvalue weighted by atomic mass is 31.2. The number of rotatable bonds is 3. The molecule has 0 rings (SSSR count). The van der Waals surface area contributed by atoms with Crippen molar-refractivity contribution in [1.82, 2.24) is 0 Å². The second kappa shape index (κ2) is 3.46. The van der Waals surface area contributed by atoms with E-state index in [1.165, 1.54) is 0 Å². The Hall–Kier alpha value is -0.213. The maximum absolute atomic E-state index is 10.5. The van der Waals surface area contributed by atoms with Crippen molar-refractivity contribution in [1.29, 1.82) is 0 Å². The van der Waals surface area contributed by atoms with Crippen LogP contribution in [0.2, 0.25) is 19.6 Å². The van der Waals surface area contributed by atoms with E-state index >= 15 is 0 Å². The molecule has 0 fully saturated rings. The summed E-state index contributed by atoms with van der Waals surface area (Å²) in [5, 5.41) is 0. The molecule has 64 valence electrons. The predicted octanol–water partition coefficient (Wildman–Crippen LogP) is 2.03. The Morgan fingerprint density at radius 1 is 1.18 bits per heavy atom. The van der Waals surface area contributed by atoms with Crippen LogP contribution in [-0.2, 0) is 9.59 Å². The van der Waals surface area contributed by atoms with Crippen LogP contribution in [0.4, 0.5) is 0 Å². The third-order valence-electron chi connectivity index (χ3n) is 0.942. The number of nitrogens with zero attached hydrogens (tertiary/aromatic N) is 1. The summed E-state index contributed by atoms with van der Waals surface area (Å²) in [6.07, 6.45) is 0. The first kappa shape index (κ1) is 10.8. The Kier molecular flexibility index (Phi) is 3.39. The van der Waals surface area contributed by atoms with Crippen LogP contribution in [0.25, 0.3) is 0 Å². The molecule has 0 aliphatic heterocycles. The van der Waals surface area contributed by atoms with Crippen LogP contribution in [0.3, 0.4) is 0 Å². The fourth-order valence-corrected chi connectivity index (χ4v) is 6.32. The molecular formula is C6H14NO2PSi. The summed E-state index contributed by atoms with van der Waals surface area (Å²) in [5.41, 5.74) is 0. The summed E-state index contributed by atoms with van der Waals surface area (Å²) in [6, 6.07) is 1.41. The molecule has 0 saturated carbocycles. The Morgan fingerprint density at radius 3 is 1.64 bits per heavy atom. The molecule has 3 nitrogen and oxygen atoms in total. The van der Waals surface area contributed by atoms with Gasteiger partial charge in [-0.15, -0.1) is 0 Å². The Balaban J connectivity index is 4.90. The number of carbonyl (C=O) groups is 2. The van der Waals surface area contributed by atoms with Crippen LogP contribution in [0.15, 0.2) is 4.41 Å². The lowest BCUT2D eigenvalue weighted by atomic mass is 11.8. The highest BCUT2D eigenvalue weighted by Crippen LogP contribution is 2.40. The maximum atomic E-state index is 10.5. The van der Waals surface area contributed by atoms with E-state index in [1.807, 2.05) is 19.6 Å². The van der Waals surface area contributed by atoms with Crippen molar-refractivity contribution < 1.29 is 9.59 Å². The van der Waals surface area contributed by atoms with Gasteiger partial charge in [0.25, 0.3) is 0 Å². The summed E-state index contributed by atoms with van der Waals surface area (Å²) < 4.78 is 4.29. The largest absolute Gasteiger partial charge is 0.325 e. The van der Waals surface area contributed by atoms with Gasteiger partial charge < -0.3 is 4.41 Å². The lowest BCUT2D eigenvalue weighted by Crippen LogP contribution is -2.16. The third-order valence-corrected chi connectivity index (χ3v) is 5.92. The van der Waals surface area contributed by atoms with E-state index < -0.39 is 15.3 Å². The molecule has 0 amide bonds. The lowest BCUT2D eigenvalue weighted by Gasteiger charge is -2.13. The minimum Gasteiger partial charge on any atom is -0.325 e. The summed E-state index contributed by atoms with van der Waals surface area (Å²) in [6.45, 7) is 7.68. The first-order valence-electron chi connectivity index (χ1n) is 3.36. The van der Waals surface area contributed by atoms with Crippen molar-refractivity contribution in [3.05, 3.63) is 0 Å². The molecule has 0 bridgehead atoms. The van der Waals surface area contributed by atoms with Gasteiger partial charge in [0.15, 0.2) is 20.3 Å². The first-order chi connectivity index (χ1) is 4.83. The molecule has 0 aliphatic rings. The molecule has 0 saturated heterocycles. The molecule has 0 unspecified atom stereocenters. The van der Waals surface area contributed by atoms with Crippen LogP contribution < -0.4 is 0 Å². The zero-order valence-corrected chi connectivity index (χ0v) is 9.26. The molecule has 0 aromatic heterocycles. The highest BCUT2D eigenvalue weighted by molar-refractivity contribution is 7.92. The minimum absolute atomic E-state index is 0.707. The van der Waals surface area contributed by atoms with Crippen molar-refractivity contribution in [2.75, 3.05) is 6.66 Å². The molecule has 0 aromatic carbocycles. The van der Waals surface area contributed by atoms with Gasteiger partial charge in [0, 0.05) is 0 Å². The van der Waals surface area contributed by atoms with Crippen LogP contribution >= 0.6 is 7.05 Å². The fraction of sp³-hybridized carbons (Fsp3) is 0.667. The third kappa shape index (κ3) is 4.27. The van der Waals surface area contributed by atoms with E-state index in [9.17, 15) is 9.59 Å². The second-order valence-corrected chi connectivity index (χ2v) is 11.3. The SMILES string of the molecule is C[Si](C)(C)N=P(C)(C=O)C=O. The summed E-state index contributed by atoms with van der Waals surface area (Å²) >= 11 is 0. The fourth-order valence-electron chi connectivity index (χ4n) is 0.718. The maximum Gasteiger partial charge on any atom is 0.171 e. The van der Waals surface area contributed by atoms with Crippen molar-refractivity contribution in [3.63, 3.8) is 0 Å². The van der Waals surface area contributed by atoms with E-state index in [4.69, 9.17) is 0 Å². The number of carbonyl (C=O) groups excluding carboxylic acids is 2. The van der Waals surface area contributed by atoms with Crippen LogP contribution in [0.5, 0.6) is 0 Å². The minimum atomic E-state index is -2.23. The highest BCUT2D eigenvalue weighted by Gasteiger charge is 2.18. The smallest absolute Gasteiger partial charge is 0.171 e. The summed E-state index contributed by atoms with van der Waals surface area (Å²) in [4.78, 5) is 21.0. The molecule has 0 heterocycles. The summed E-state index contributed by atoms with van der Waals surface area (Å²) in [5.74, 6) is 0. The number of hydrogen-bond donors (Lipinski definition) is 0. The lowest BCUT2D eigenvalue weighted by molar-refractivity contribution is 0.565. The molecule has 11 heavy (non-hydrogen) atoms. The van der Waals surface area contributed by atoms with Gasteiger partial charge in [-0.3, -0.25) is 9.59 Å². The van der Waals surface area contributed by atoms with Gasteiger partial charge in [-0.25, -0.2) is 0 Å². The summed E-state index contributed by atoms with van der Waals surface area (Å²) in [7, 11) is -3.85. The van der Waals surface area contributed by atoms with Gasteiger partial charge in [0.05, 0.1) is 7.05 Å². The van der Waals surface area contributed by atoms with Crippen LogP contribution in [0.1, 0.15) is 0 Å². The van der Waals surface area contributed by atoms with Crippen molar-refractivity contribution in [3.8, 4) is 0 Å². The molecule has 0 N–H and O–H groups in total. The van der Waals surface area contributed by atoms with Gasteiger partial charge >= 0.3 is 0 Å². The van der Waals surface area contributed by atoms with Gasteiger partial charge in [0.2, 0.25) is 0 Å². The van der Waals surface area contributed by atoms with E-state index in [0.29, 0.717) is 12.1 Å². The van der Waals surface area contributed by atoms with Crippen molar-refractivity contribution in [2.45, 2.75) is 19.6 Å². The Labute approximate surface area is 68.3 Å². The molecule has 0 radical (unpaired) electrons.